The highest BCUT2D eigenvalue weighted by Gasteiger charge is 2.52. The first-order chi connectivity index (χ1) is 11.4. The zero-order valence-electron chi connectivity index (χ0n) is 14.4. The van der Waals surface area contributed by atoms with Crippen molar-refractivity contribution < 1.29 is 9.15 Å². The minimum atomic E-state index is -0.0877. The maximum atomic E-state index is 8.89. The smallest absolute Gasteiger partial charge is 0.253 e. The van der Waals surface area contributed by atoms with Gasteiger partial charge in [0.25, 0.3) is 5.89 Å². The summed E-state index contributed by atoms with van der Waals surface area (Å²) in [5.74, 6) is 1.66. The lowest BCUT2D eigenvalue weighted by Gasteiger charge is -2.50. The molecule has 1 aliphatic carbocycles. The van der Waals surface area contributed by atoms with Gasteiger partial charge in [-0.2, -0.15) is 5.26 Å². The lowest BCUT2D eigenvalue weighted by atomic mass is 9.59. The van der Waals surface area contributed by atoms with Crippen molar-refractivity contribution in [3.8, 4) is 11.8 Å². The fourth-order valence-electron chi connectivity index (χ4n) is 3.44. The predicted molar refractivity (Wildman–Crippen MR) is 86.4 cm³/mol. The zero-order valence-corrected chi connectivity index (χ0v) is 14.4. The monoisotopic (exact) mass is 327 g/mol. The van der Waals surface area contributed by atoms with Gasteiger partial charge in [-0.25, -0.2) is 4.98 Å². The van der Waals surface area contributed by atoms with Gasteiger partial charge in [0.1, 0.15) is 17.5 Å². The molecule has 0 atom stereocenters. The summed E-state index contributed by atoms with van der Waals surface area (Å²) in [6.07, 6.45) is 3.43. The third-order valence-electron chi connectivity index (χ3n) is 4.67. The molecule has 1 saturated carbocycles. The average Bonchev–Trinajstić information content (AvgIpc) is 3.01. The van der Waals surface area contributed by atoms with E-state index in [0.717, 1.165) is 18.4 Å². The topological polar surface area (TPSA) is 96.9 Å². The predicted octanol–water partition coefficient (Wildman–Crippen LogP) is 2.25. The van der Waals surface area contributed by atoms with Gasteiger partial charge >= 0.3 is 0 Å². The Hall–Kier alpha value is -2.46. The standard InChI is InChI=1S/C17H21N5O2/c1-11-5-12(7-20-13(11)6-18)23-8-14-21-22-15(24-14)16(2)9-17(3,10-16)19-4/h5,7,19H,8-10H2,1-4H3. The fraction of sp³-hybridized carbons (Fsp3) is 0.529. The highest BCUT2D eigenvalue weighted by Crippen LogP contribution is 2.49. The van der Waals surface area contributed by atoms with Gasteiger partial charge in [0.15, 0.2) is 6.61 Å². The van der Waals surface area contributed by atoms with Crippen LogP contribution >= 0.6 is 0 Å². The molecule has 126 valence electrons. The molecule has 7 heteroatoms. The van der Waals surface area contributed by atoms with Crippen LogP contribution in [0.1, 0.15) is 49.7 Å². The summed E-state index contributed by atoms with van der Waals surface area (Å²) in [7, 11) is 1.97. The number of hydrogen-bond donors (Lipinski definition) is 1. The minimum absolute atomic E-state index is 0.0877. The molecule has 2 aromatic heterocycles. The first-order valence-corrected chi connectivity index (χ1v) is 7.89. The van der Waals surface area contributed by atoms with Crippen LogP contribution in [0.15, 0.2) is 16.7 Å². The van der Waals surface area contributed by atoms with Crippen LogP contribution in [0.5, 0.6) is 5.75 Å². The van der Waals surface area contributed by atoms with Crippen LogP contribution in [0.4, 0.5) is 0 Å². The molecule has 0 aliphatic heterocycles. The molecule has 0 aromatic carbocycles. The van der Waals surface area contributed by atoms with Crippen molar-refractivity contribution in [1.29, 1.82) is 5.26 Å². The largest absolute Gasteiger partial charge is 0.482 e. The average molecular weight is 327 g/mol. The minimum Gasteiger partial charge on any atom is -0.482 e. The molecule has 24 heavy (non-hydrogen) atoms. The number of rotatable bonds is 5. The van der Waals surface area contributed by atoms with Crippen LogP contribution in [-0.4, -0.2) is 27.8 Å². The lowest BCUT2D eigenvalue weighted by Crippen LogP contribution is -2.58. The van der Waals surface area contributed by atoms with E-state index in [4.69, 9.17) is 14.4 Å². The van der Waals surface area contributed by atoms with E-state index in [0.29, 0.717) is 23.2 Å². The van der Waals surface area contributed by atoms with Gasteiger partial charge in [0, 0.05) is 11.0 Å². The Bertz CT molecular complexity index is 787. The van der Waals surface area contributed by atoms with Crippen molar-refractivity contribution in [3.63, 3.8) is 0 Å². The zero-order chi connectivity index (χ0) is 17.4. The number of ether oxygens (including phenoxy) is 1. The maximum Gasteiger partial charge on any atom is 0.253 e. The SMILES string of the molecule is CNC1(C)CC(C)(c2nnc(COc3cnc(C#N)c(C)c3)o2)C1. The Balaban J connectivity index is 1.63. The molecule has 1 fully saturated rings. The molecule has 0 saturated heterocycles. The summed E-state index contributed by atoms with van der Waals surface area (Å²) >= 11 is 0. The van der Waals surface area contributed by atoms with Gasteiger partial charge in [-0.05, 0) is 45.4 Å². The van der Waals surface area contributed by atoms with Crippen LogP contribution < -0.4 is 10.1 Å². The maximum absolute atomic E-state index is 8.89. The number of hydrogen-bond acceptors (Lipinski definition) is 7. The summed E-state index contributed by atoms with van der Waals surface area (Å²) < 4.78 is 11.4. The fourth-order valence-corrected chi connectivity index (χ4v) is 3.44. The van der Waals surface area contributed by atoms with Crippen molar-refractivity contribution in [3.05, 3.63) is 35.3 Å². The summed E-state index contributed by atoms with van der Waals surface area (Å²) in [4.78, 5) is 4.04. The second-order valence-corrected chi connectivity index (χ2v) is 6.96. The Morgan fingerprint density at radius 3 is 2.75 bits per heavy atom. The van der Waals surface area contributed by atoms with E-state index in [1.165, 1.54) is 6.20 Å². The molecular weight excluding hydrogens is 306 g/mol. The molecule has 3 rings (SSSR count). The van der Waals surface area contributed by atoms with Gasteiger partial charge in [0.2, 0.25) is 5.89 Å². The van der Waals surface area contributed by atoms with Crippen LogP contribution in [0.25, 0.3) is 0 Å². The number of nitrogens with one attached hydrogen (secondary N) is 1. The van der Waals surface area contributed by atoms with E-state index >= 15 is 0 Å². The van der Waals surface area contributed by atoms with Gasteiger partial charge < -0.3 is 14.5 Å². The van der Waals surface area contributed by atoms with Gasteiger partial charge in [-0.1, -0.05) is 6.92 Å². The van der Waals surface area contributed by atoms with Gasteiger partial charge in [-0.15, -0.1) is 10.2 Å². The summed E-state index contributed by atoms with van der Waals surface area (Å²) in [6.45, 7) is 6.33. The third kappa shape index (κ3) is 2.97. The highest BCUT2D eigenvalue weighted by molar-refractivity contribution is 5.35. The van der Waals surface area contributed by atoms with Crippen molar-refractivity contribution in [2.75, 3.05) is 7.05 Å². The number of nitriles is 1. The molecule has 0 unspecified atom stereocenters. The summed E-state index contributed by atoms with van der Waals surface area (Å²) in [5.41, 5.74) is 1.21. The van der Waals surface area contributed by atoms with Crippen molar-refractivity contribution >= 4 is 0 Å². The van der Waals surface area contributed by atoms with E-state index in [1.807, 2.05) is 20.0 Å². The molecule has 7 nitrogen and oxygen atoms in total. The normalized spacial score (nSPS) is 25.8. The van der Waals surface area contributed by atoms with E-state index in [-0.39, 0.29) is 17.6 Å². The molecule has 2 aromatic rings. The van der Waals surface area contributed by atoms with E-state index < -0.39 is 0 Å². The third-order valence-corrected chi connectivity index (χ3v) is 4.67. The van der Waals surface area contributed by atoms with Crippen LogP contribution in [-0.2, 0) is 12.0 Å². The van der Waals surface area contributed by atoms with E-state index in [9.17, 15) is 0 Å². The first-order valence-electron chi connectivity index (χ1n) is 7.89. The second kappa shape index (κ2) is 5.87. The number of nitrogens with zero attached hydrogens (tertiary/aromatic N) is 4. The summed E-state index contributed by atoms with van der Waals surface area (Å²) in [5, 5.41) is 20.5. The van der Waals surface area contributed by atoms with Crippen LogP contribution in [0.3, 0.4) is 0 Å². The first kappa shape index (κ1) is 16.4. The molecule has 1 N–H and O–H groups in total. The molecule has 0 bridgehead atoms. The molecule has 0 amide bonds. The van der Waals surface area contributed by atoms with E-state index in [2.05, 4.69) is 34.3 Å². The van der Waals surface area contributed by atoms with E-state index in [1.54, 1.807) is 6.07 Å². The molecule has 0 spiro atoms. The Morgan fingerprint density at radius 1 is 1.38 bits per heavy atom. The van der Waals surface area contributed by atoms with Gasteiger partial charge in [0.05, 0.1) is 6.20 Å². The lowest BCUT2D eigenvalue weighted by molar-refractivity contribution is 0.0786. The highest BCUT2D eigenvalue weighted by atomic mass is 16.5. The quantitative estimate of drug-likeness (QED) is 0.899. The van der Waals surface area contributed by atoms with Crippen molar-refractivity contribution in [2.24, 2.45) is 0 Å². The van der Waals surface area contributed by atoms with Crippen LogP contribution in [0.2, 0.25) is 0 Å². The Labute approximate surface area is 141 Å². The molecule has 0 radical (unpaired) electrons. The Morgan fingerprint density at radius 2 is 2.12 bits per heavy atom. The number of pyridine rings is 1. The Kier molecular flexibility index (Phi) is 4.01. The molecule has 2 heterocycles. The number of aryl methyl sites for hydroxylation is 1. The molecule has 1 aliphatic rings. The second-order valence-electron chi connectivity index (χ2n) is 6.96. The van der Waals surface area contributed by atoms with Crippen molar-refractivity contribution in [1.82, 2.24) is 20.5 Å². The van der Waals surface area contributed by atoms with Gasteiger partial charge in [-0.3, -0.25) is 0 Å². The molecular formula is C17H21N5O2. The number of aromatic nitrogens is 3. The van der Waals surface area contributed by atoms with Crippen LogP contribution in [0, 0.1) is 18.3 Å². The van der Waals surface area contributed by atoms with Crippen molar-refractivity contribution in [2.45, 2.75) is 51.2 Å². The summed E-state index contributed by atoms with van der Waals surface area (Å²) in [6, 6.07) is 3.80.